The van der Waals surface area contributed by atoms with Crippen LogP contribution < -0.4 is 5.32 Å². The van der Waals surface area contributed by atoms with Gasteiger partial charge < -0.3 is 10.1 Å². The lowest BCUT2D eigenvalue weighted by Gasteiger charge is -2.61. The number of benzene rings is 1. The summed E-state index contributed by atoms with van der Waals surface area (Å²) in [6.07, 6.45) is 5.37. The molecular formula is C18H26FNO. The highest BCUT2D eigenvalue weighted by molar-refractivity contribution is 5.26. The topological polar surface area (TPSA) is 21.3 Å². The Labute approximate surface area is 127 Å². The molecule has 0 radical (unpaired) electrons. The largest absolute Gasteiger partial charge is 0.378 e. The Morgan fingerprint density at radius 3 is 2.76 bits per heavy atom. The van der Waals surface area contributed by atoms with Crippen molar-refractivity contribution >= 4 is 0 Å². The molecule has 1 aromatic rings. The van der Waals surface area contributed by atoms with Crippen molar-refractivity contribution in [2.45, 2.75) is 64.6 Å². The summed E-state index contributed by atoms with van der Waals surface area (Å²) in [5.41, 5.74) is 2.10. The van der Waals surface area contributed by atoms with Gasteiger partial charge in [-0.15, -0.1) is 0 Å². The molecule has 1 aromatic carbocycles. The van der Waals surface area contributed by atoms with Gasteiger partial charge in [0.1, 0.15) is 5.82 Å². The molecule has 3 heteroatoms. The van der Waals surface area contributed by atoms with Crippen LogP contribution in [0.2, 0.25) is 0 Å². The first-order valence-corrected chi connectivity index (χ1v) is 8.20. The number of ether oxygens (including phenoxy) is 1. The van der Waals surface area contributed by atoms with Crippen LogP contribution in [-0.2, 0) is 4.74 Å². The Hall–Kier alpha value is -0.930. The van der Waals surface area contributed by atoms with Crippen LogP contribution in [0.4, 0.5) is 4.39 Å². The van der Waals surface area contributed by atoms with Crippen molar-refractivity contribution in [2.75, 3.05) is 6.61 Å². The van der Waals surface area contributed by atoms with Crippen LogP contribution in [0.3, 0.4) is 0 Å². The lowest BCUT2D eigenvalue weighted by molar-refractivity contribution is -0.174. The van der Waals surface area contributed by atoms with Gasteiger partial charge in [-0.3, -0.25) is 0 Å². The van der Waals surface area contributed by atoms with E-state index in [2.05, 4.69) is 19.2 Å². The minimum Gasteiger partial charge on any atom is -0.378 e. The fourth-order valence-corrected chi connectivity index (χ4v) is 3.95. The standard InChI is InChI=1S/C18H26FNO/c1-4-21-17-11-16(18(17)8-5-9-18)20-13(3)14-7-6-12(2)15(19)10-14/h6-7,10,13,16-17,20H,4-5,8-9,11H2,1-3H3. The zero-order valence-corrected chi connectivity index (χ0v) is 13.3. The van der Waals surface area contributed by atoms with E-state index in [0.29, 0.717) is 23.1 Å². The fraction of sp³-hybridized carbons (Fsp3) is 0.667. The van der Waals surface area contributed by atoms with E-state index < -0.39 is 0 Å². The Bertz CT molecular complexity index is 512. The van der Waals surface area contributed by atoms with Gasteiger partial charge in [-0.1, -0.05) is 18.6 Å². The second-order valence-corrected chi connectivity index (χ2v) is 6.72. The van der Waals surface area contributed by atoms with Crippen molar-refractivity contribution in [3.63, 3.8) is 0 Å². The highest BCUT2D eigenvalue weighted by atomic mass is 19.1. The molecule has 2 aliphatic carbocycles. The number of halogens is 1. The SMILES string of the molecule is CCOC1CC(NC(C)c2ccc(C)c(F)c2)C12CCC2. The first-order valence-electron chi connectivity index (χ1n) is 8.20. The molecule has 2 saturated carbocycles. The van der Waals surface area contributed by atoms with Gasteiger partial charge in [0, 0.05) is 24.1 Å². The number of hydrogen-bond acceptors (Lipinski definition) is 2. The second kappa shape index (κ2) is 5.69. The Kier molecular flexibility index (Phi) is 4.06. The predicted molar refractivity (Wildman–Crippen MR) is 82.8 cm³/mol. The molecule has 0 bridgehead atoms. The minimum atomic E-state index is -0.111. The van der Waals surface area contributed by atoms with E-state index in [0.717, 1.165) is 18.6 Å². The van der Waals surface area contributed by atoms with E-state index in [1.54, 1.807) is 13.0 Å². The first-order chi connectivity index (χ1) is 10.1. The molecule has 2 fully saturated rings. The van der Waals surface area contributed by atoms with Crippen molar-refractivity contribution in [1.82, 2.24) is 5.32 Å². The van der Waals surface area contributed by atoms with Crippen LogP contribution in [0.5, 0.6) is 0 Å². The summed E-state index contributed by atoms with van der Waals surface area (Å²) in [7, 11) is 0. The third kappa shape index (κ3) is 2.51. The van der Waals surface area contributed by atoms with Crippen molar-refractivity contribution < 1.29 is 9.13 Å². The van der Waals surface area contributed by atoms with Gasteiger partial charge in [-0.2, -0.15) is 0 Å². The summed E-state index contributed by atoms with van der Waals surface area (Å²) in [6, 6.07) is 6.26. The number of rotatable bonds is 5. The summed E-state index contributed by atoms with van der Waals surface area (Å²) < 4.78 is 19.6. The monoisotopic (exact) mass is 291 g/mol. The quantitative estimate of drug-likeness (QED) is 0.880. The predicted octanol–water partition coefficient (Wildman–Crippen LogP) is 4.13. The Morgan fingerprint density at radius 2 is 2.19 bits per heavy atom. The maximum atomic E-state index is 13.7. The van der Waals surface area contributed by atoms with Gasteiger partial charge in [0.25, 0.3) is 0 Å². The average molecular weight is 291 g/mol. The molecular weight excluding hydrogens is 265 g/mol. The molecule has 3 unspecified atom stereocenters. The normalized spacial score (nSPS) is 28.0. The summed E-state index contributed by atoms with van der Waals surface area (Å²) in [5, 5.41) is 3.71. The molecule has 2 aliphatic rings. The molecule has 0 aliphatic heterocycles. The lowest BCUT2D eigenvalue weighted by Crippen LogP contribution is -2.67. The van der Waals surface area contributed by atoms with Gasteiger partial charge in [0.15, 0.2) is 0 Å². The van der Waals surface area contributed by atoms with E-state index in [9.17, 15) is 4.39 Å². The van der Waals surface area contributed by atoms with Gasteiger partial charge >= 0.3 is 0 Å². The van der Waals surface area contributed by atoms with Crippen LogP contribution in [0.1, 0.15) is 56.7 Å². The Balaban J connectivity index is 1.65. The molecule has 116 valence electrons. The third-order valence-corrected chi connectivity index (χ3v) is 5.58. The minimum absolute atomic E-state index is 0.111. The third-order valence-electron chi connectivity index (χ3n) is 5.58. The summed E-state index contributed by atoms with van der Waals surface area (Å²) in [4.78, 5) is 0. The maximum absolute atomic E-state index is 13.7. The lowest BCUT2D eigenvalue weighted by atomic mass is 9.51. The van der Waals surface area contributed by atoms with Crippen LogP contribution in [0, 0.1) is 18.2 Å². The van der Waals surface area contributed by atoms with E-state index in [4.69, 9.17) is 4.74 Å². The molecule has 0 saturated heterocycles. The Morgan fingerprint density at radius 1 is 1.43 bits per heavy atom. The van der Waals surface area contributed by atoms with Crippen LogP contribution in [-0.4, -0.2) is 18.8 Å². The molecule has 3 atom stereocenters. The average Bonchev–Trinajstić information content (AvgIpc) is 2.38. The molecule has 3 rings (SSSR count). The molecule has 0 heterocycles. The van der Waals surface area contributed by atoms with E-state index in [-0.39, 0.29) is 11.9 Å². The maximum Gasteiger partial charge on any atom is 0.126 e. The van der Waals surface area contributed by atoms with E-state index in [1.807, 2.05) is 12.1 Å². The van der Waals surface area contributed by atoms with Gasteiger partial charge in [0.2, 0.25) is 0 Å². The fourth-order valence-electron chi connectivity index (χ4n) is 3.95. The summed E-state index contributed by atoms with van der Waals surface area (Å²) in [6.45, 7) is 6.81. The molecule has 2 nitrogen and oxygen atoms in total. The van der Waals surface area contributed by atoms with Crippen LogP contribution in [0.15, 0.2) is 18.2 Å². The van der Waals surface area contributed by atoms with Gasteiger partial charge in [-0.25, -0.2) is 4.39 Å². The van der Waals surface area contributed by atoms with Crippen molar-refractivity contribution in [3.8, 4) is 0 Å². The van der Waals surface area contributed by atoms with Crippen LogP contribution >= 0.6 is 0 Å². The molecule has 21 heavy (non-hydrogen) atoms. The second-order valence-electron chi connectivity index (χ2n) is 6.72. The number of nitrogens with one attached hydrogen (secondary N) is 1. The molecule has 0 amide bonds. The number of hydrogen-bond donors (Lipinski definition) is 1. The summed E-state index contributed by atoms with van der Waals surface area (Å²) in [5.74, 6) is -0.111. The number of aryl methyl sites for hydroxylation is 1. The smallest absolute Gasteiger partial charge is 0.126 e. The molecule has 1 spiro atoms. The molecule has 0 aromatic heterocycles. The van der Waals surface area contributed by atoms with Crippen LogP contribution in [0.25, 0.3) is 0 Å². The zero-order valence-electron chi connectivity index (χ0n) is 13.3. The highest BCUT2D eigenvalue weighted by Crippen LogP contribution is 2.57. The van der Waals surface area contributed by atoms with Crippen molar-refractivity contribution in [3.05, 3.63) is 35.1 Å². The first kappa shape index (κ1) is 15.0. The summed E-state index contributed by atoms with van der Waals surface area (Å²) >= 11 is 0. The molecule has 1 N–H and O–H groups in total. The van der Waals surface area contributed by atoms with Crippen molar-refractivity contribution in [1.29, 1.82) is 0 Å². The van der Waals surface area contributed by atoms with Gasteiger partial charge in [-0.05, 0) is 57.2 Å². The van der Waals surface area contributed by atoms with Crippen molar-refractivity contribution in [2.24, 2.45) is 5.41 Å². The highest BCUT2D eigenvalue weighted by Gasteiger charge is 2.58. The van der Waals surface area contributed by atoms with E-state index in [1.165, 1.54) is 19.3 Å². The van der Waals surface area contributed by atoms with E-state index >= 15 is 0 Å². The van der Waals surface area contributed by atoms with Gasteiger partial charge in [0.05, 0.1) is 6.10 Å². The zero-order chi connectivity index (χ0) is 15.0.